The van der Waals surface area contributed by atoms with E-state index in [1.165, 1.54) is 6.20 Å². The summed E-state index contributed by atoms with van der Waals surface area (Å²) < 4.78 is 5.61. The van der Waals surface area contributed by atoms with Crippen molar-refractivity contribution in [2.45, 2.75) is 6.54 Å². The summed E-state index contributed by atoms with van der Waals surface area (Å²) in [6.45, 7) is 1.56. The number of amides is 1. The molecule has 1 aliphatic rings. The van der Waals surface area contributed by atoms with Gasteiger partial charge in [0.15, 0.2) is 5.69 Å². The van der Waals surface area contributed by atoms with Crippen LogP contribution in [0.3, 0.4) is 0 Å². The van der Waals surface area contributed by atoms with Crippen molar-refractivity contribution in [1.82, 2.24) is 20.3 Å². The summed E-state index contributed by atoms with van der Waals surface area (Å²) in [7, 11) is 0. The molecule has 0 aliphatic carbocycles. The Labute approximate surface area is 104 Å². The molecule has 6 nitrogen and oxygen atoms in total. The molecule has 2 aromatic rings. The maximum absolute atomic E-state index is 12.2. The van der Waals surface area contributed by atoms with Crippen LogP contribution in [0.4, 0.5) is 0 Å². The van der Waals surface area contributed by atoms with Gasteiger partial charge in [0.05, 0.1) is 12.7 Å². The van der Waals surface area contributed by atoms with Crippen LogP contribution in [0.5, 0.6) is 5.75 Å². The number of carbonyl (C=O) groups excluding carboxylic acids is 1. The lowest BCUT2D eigenvalue weighted by atomic mass is 10.2. The number of nitrogens with zero attached hydrogens (tertiary/aromatic N) is 3. The van der Waals surface area contributed by atoms with Crippen LogP contribution in [0.25, 0.3) is 0 Å². The molecule has 1 aromatic carbocycles. The van der Waals surface area contributed by atoms with E-state index >= 15 is 0 Å². The first-order valence-electron chi connectivity index (χ1n) is 5.70. The van der Waals surface area contributed by atoms with Gasteiger partial charge in [-0.25, -0.2) is 0 Å². The van der Waals surface area contributed by atoms with Crippen LogP contribution in [0, 0.1) is 0 Å². The number of aromatic amines is 1. The number of nitrogens with one attached hydrogen (secondary N) is 1. The van der Waals surface area contributed by atoms with E-state index in [4.69, 9.17) is 4.74 Å². The fourth-order valence-electron chi connectivity index (χ4n) is 1.97. The Morgan fingerprint density at radius 1 is 1.39 bits per heavy atom. The minimum Gasteiger partial charge on any atom is -0.491 e. The quantitative estimate of drug-likeness (QED) is 0.807. The topological polar surface area (TPSA) is 71.1 Å². The third kappa shape index (κ3) is 1.92. The molecular weight excluding hydrogens is 232 g/mol. The summed E-state index contributed by atoms with van der Waals surface area (Å²) >= 11 is 0. The van der Waals surface area contributed by atoms with Gasteiger partial charge >= 0.3 is 0 Å². The second-order valence-electron chi connectivity index (χ2n) is 4.04. The number of carbonyl (C=O) groups is 1. The molecule has 0 radical (unpaired) electrons. The molecule has 1 aromatic heterocycles. The Kier molecular flexibility index (Phi) is 2.68. The predicted octanol–water partition coefficient (Wildman–Crippen LogP) is 0.839. The van der Waals surface area contributed by atoms with Crippen LogP contribution in [0.15, 0.2) is 30.5 Å². The van der Waals surface area contributed by atoms with Crippen LogP contribution in [-0.4, -0.2) is 39.4 Å². The molecule has 0 atom stereocenters. The monoisotopic (exact) mass is 244 g/mol. The number of hydrogen-bond acceptors (Lipinski definition) is 4. The van der Waals surface area contributed by atoms with Crippen LogP contribution in [0.1, 0.15) is 16.1 Å². The number of rotatable bonds is 1. The van der Waals surface area contributed by atoms with Crippen LogP contribution < -0.4 is 4.74 Å². The zero-order chi connectivity index (χ0) is 12.4. The zero-order valence-electron chi connectivity index (χ0n) is 9.67. The lowest BCUT2D eigenvalue weighted by Crippen LogP contribution is -2.32. The van der Waals surface area contributed by atoms with Gasteiger partial charge in [-0.2, -0.15) is 15.4 Å². The van der Waals surface area contributed by atoms with E-state index in [0.717, 1.165) is 11.3 Å². The molecule has 0 fully saturated rings. The van der Waals surface area contributed by atoms with E-state index in [1.807, 2.05) is 24.3 Å². The Morgan fingerprint density at radius 3 is 3.11 bits per heavy atom. The van der Waals surface area contributed by atoms with Crippen LogP contribution >= 0.6 is 0 Å². The van der Waals surface area contributed by atoms with E-state index in [2.05, 4.69) is 15.4 Å². The van der Waals surface area contributed by atoms with Crippen molar-refractivity contribution in [2.24, 2.45) is 0 Å². The van der Waals surface area contributed by atoms with Gasteiger partial charge in [-0.1, -0.05) is 18.2 Å². The number of ether oxygens (including phenoxy) is 1. The molecule has 1 amide bonds. The molecule has 0 saturated heterocycles. The third-order valence-electron chi connectivity index (χ3n) is 2.87. The van der Waals surface area contributed by atoms with E-state index in [9.17, 15) is 4.79 Å². The Hall–Kier alpha value is -2.37. The van der Waals surface area contributed by atoms with Crippen molar-refractivity contribution in [1.29, 1.82) is 0 Å². The van der Waals surface area contributed by atoms with Crippen molar-refractivity contribution in [3.8, 4) is 5.75 Å². The molecule has 0 bridgehead atoms. The SMILES string of the molecule is O=C(c1cn[nH]n1)N1CCOc2ccccc2C1. The lowest BCUT2D eigenvalue weighted by Gasteiger charge is -2.18. The van der Waals surface area contributed by atoms with Gasteiger partial charge in [-0.05, 0) is 6.07 Å². The van der Waals surface area contributed by atoms with Crippen molar-refractivity contribution >= 4 is 5.91 Å². The van der Waals surface area contributed by atoms with Gasteiger partial charge < -0.3 is 9.64 Å². The highest BCUT2D eigenvalue weighted by atomic mass is 16.5. The minimum atomic E-state index is -0.135. The maximum atomic E-state index is 12.2. The standard InChI is InChI=1S/C12H12N4O2/c17-12(10-7-13-15-14-10)16-5-6-18-11-4-2-1-3-9(11)8-16/h1-4,7H,5-6,8H2,(H,13,14,15). The second-order valence-corrected chi connectivity index (χ2v) is 4.04. The highest BCUT2D eigenvalue weighted by Crippen LogP contribution is 2.22. The minimum absolute atomic E-state index is 0.135. The number of para-hydroxylation sites is 1. The first-order valence-corrected chi connectivity index (χ1v) is 5.70. The number of benzene rings is 1. The lowest BCUT2D eigenvalue weighted by molar-refractivity contribution is 0.0727. The normalized spacial score (nSPS) is 14.6. The number of fused-ring (bicyclic) bond motifs is 1. The van der Waals surface area contributed by atoms with E-state index < -0.39 is 0 Å². The Morgan fingerprint density at radius 2 is 2.28 bits per heavy atom. The molecule has 1 N–H and O–H groups in total. The van der Waals surface area contributed by atoms with Crippen LogP contribution in [-0.2, 0) is 6.54 Å². The van der Waals surface area contributed by atoms with Gasteiger partial charge in [0.25, 0.3) is 5.91 Å². The van der Waals surface area contributed by atoms with Crippen LogP contribution in [0.2, 0.25) is 0 Å². The van der Waals surface area contributed by atoms with Gasteiger partial charge in [0.2, 0.25) is 0 Å². The summed E-state index contributed by atoms with van der Waals surface area (Å²) in [6, 6.07) is 7.74. The Bertz CT molecular complexity index is 553. The first-order chi connectivity index (χ1) is 8.84. The first kappa shape index (κ1) is 10.8. The fraction of sp³-hybridized carbons (Fsp3) is 0.250. The van der Waals surface area contributed by atoms with Gasteiger partial charge in [-0.15, -0.1) is 0 Å². The van der Waals surface area contributed by atoms with Crippen molar-refractivity contribution in [2.75, 3.05) is 13.2 Å². The molecule has 1 aliphatic heterocycles. The predicted molar refractivity (Wildman–Crippen MR) is 63.1 cm³/mol. The molecule has 6 heteroatoms. The smallest absolute Gasteiger partial charge is 0.276 e. The zero-order valence-corrected chi connectivity index (χ0v) is 9.67. The van der Waals surface area contributed by atoms with E-state index in [-0.39, 0.29) is 5.91 Å². The average molecular weight is 244 g/mol. The highest BCUT2D eigenvalue weighted by Gasteiger charge is 2.22. The maximum Gasteiger partial charge on any atom is 0.276 e. The van der Waals surface area contributed by atoms with Gasteiger partial charge in [0.1, 0.15) is 12.4 Å². The van der Waals surface area contributed by atoms with Crippen molar-refractivity contribution in [3.05, 3.63) is 41.7 Å². The molecule has 0 saturated carbocycles. The number of H-pyrrole nitrogens is 1. The number of aromatic nitrogens is 3. The van der Waals surface area contributed by atoms with Gasteiger partial charge in [0, 0.05) is 12.1 Å². The summed E-state index contributed by atoms with van der Waals surface area (Å²) in [5.41, 5.74) is 1.33. The molecule has 2 heterocycles. The summed E-state index contributed by atoms with van der Waals surface area (Å²) in [5.74, 6) is 0.706. The molecule has 0 spiro atoms. The highest BCUT2D eigenvalue weighted by molar-refractivity contribution is 5.91. The fourth-order valence-corrected chi connectivity index (χ4v) is 1.97. The molecule has 0 unspecified atom stereocenters. The van der Waals surface area contributed by atoms with E-state index in [1.54, 1.807) is 4.90 Å². The van der Waals surface area contributed by atoms with E-state index in [0.29, 0.717) is 25.4 Å². The van der Waals surface area contributed by atoms with Crippen molar-refractivity contribution < 1.29 is 9.53 Å². The second kappa shape index (κ2) is 4.48. The molecule has 3 rings (SSSR count). The Balaban J connectivity index is 1.85. The molecular formula is C12H12N4O2. The number of hydrogen-bond donors (Lipinski definition) is 1. The third-order valence-corrected chi connectivity index (χ3v) is 2.87. The largest absolute Gasteiger partial charge is 0.491 e. The summed E-state index contributed by atoms with van der Waals surface area (Å²) in [4.78, 5) is 13.9. The van der Waals surface area contributed by atoms with Crippen molar-refractivity contribution in [3.63, 3.8) is 0 Å². The molecule has 18 heavy (non-hydrogen) atoms. The summed E-state index contributed by atoms with van der Waals surface area (Å²) in [6.07, 6.45) is 1.43. The molecule has 92 valence electrons. The average Bonchev–Trinajstić information content (AvgIpc) is 2.84. The van der Waals surface area contributed by atoms with Gasteiger partial charge in [-0.3, -0.25) is 4.79 Å². The summed E-state index contributed by atoms with van der Waals surface area (Å²) in [5, 5.41) is 9.91.